The number of ether oxygens (including phenoxy) is 1. The van der Waals surface area contributed by atoms with Crippen molar-refractivity contribution in [1.29, 1.82) is 0 Å². The van der Waals surface area contributed by atoms with Gasteiger partial charge in [-0.05, 0) is 45.1 Å². The SMILES string of the molecule is CCOC(=O)C1CCC(O)(CNCC(CC)CC)CC1. The Morgan fingerprint density at radius 3 is 2.40 bits per heavy atom. The first-order valence-corrected chi connectivity index (χ1v) is 8.14. The van der Waals surface area contributed by atoms with Gasteiger partial charge in [0.1, 0.15) is 0 Å². The number of nitrogens with one attached hydrogen (secondary N) is 1. The van der Waals surface area contributed by atoms with Gasteiger partial charge in [0.25, 0.3) is 0 Å². The van der Waals surface area contributed by atoms with Crippen LogP contribution in [0, 0.1) is 11.8 Å². The molecule has 0 aromatic carbocycles. The summed E-state index contributed by atoms with van der Waals surface area (Å²) in [5.74, 6) is 0.572. The standard InChI is InChI=1S/C16H31NO3/c1-4-13(5-2)11-17-12-16(19)9-7-14(8-10-16)15(18)20-6-3/h13-14,17,19H,4-12H2,1-3H3. The molecule has 0 amide bonds. The summed E-state index contributed by atoms with van der Waals surface area (Å²) in [5, 5.41) is 13.9. The van der Waals surface area contributed by atoms with Gasteiger partial charge in [-0.3, -0.25) is 4.79 Å². The molecule has 1 aliphatic rings. The van der Waals surface area contributed by atoms with Crippen molar-refractivity contribution in [3.05, 3.63) is 0 Å². The van der Waals surface area contributed by atoms with Gasteiger partial charge in [0.05, 0.1) is 18.1 Å². The van der Waals surface area contributed by atoms with Crippen molar-refractivity contribution in [2.45, 2.75) is 64.9 Å². The summed E-state index contributed by atoms with van der Waals surface area (Å²) in [7, 11) is 0. The largest absolute Gasteiger partial charge is 0.466 e. The summed E-state index contributed by atoms with van der Waals surface area (Å²) in [5.41, 5.74) is -0.644. The zero-order valence-corrected chi connectivity index (χ0v) is 13.3. The summed E-state index contributed by atoms with van der Waals surface area (Å²) < 4.78 is 5.06. The van der Waals surface area contributed by atoms with E-state index in [2.05, 4.69) is 19.2 Å². The molecule has 0 spiro atoms. The predicted octanol–water partition coefficient (Wildman–Crippen LogP) is 2.50. The fourth-order valence-electron chi connectivity index (χ4n) is 2.91. The summed E-state index contributed by atoms with van der Waals surface area (Å²) in [6.07, 6.45) is 5.20. The Labute approximate surface area is 123 Å². The zero-order valence-electron chi connectivity index (χ0n) is 13.3. The number of aliphatic hydroxyl groups is 1. The highest BCUT2D eigenvalue weighted by atomic mass is 16.5. The first-order chi connectivity index (χ1) is 9.54. The van der Waals surface area contributed by atoms with Crippen molar-refractivity contribution >= 4 is 5.97 Å². The molecule has 0 aromatic heterocycles. The van der Waals surface area contributed by atoms with Gasteiger partial charge in [-0.25, -0.2) is 0 Å². The third-order valence-corrected chi connectivity index (χ3v) is 4.58. The van der Waals surface area contributed by atoms with Crippen LogP contribution in [0.4, 0.5) is 0 Å². The topological polar surface area (TPSA) is 58.6 Å². The highest BCUT2D eigenvalue weighted by Gasteiger charge is 2.36. The molecule has 1 fully saturated rings. The average Bonchev–Trinajstić information content (AvgIpc) is 2.44. The van der Waals surface area contributed by atoms with E-state index in [1.807, 2.05) is 6.92 Å². The monoisotopic (exact) mass is 285 g/mol. The van der Waals surface area contributed by atoms with Crippen molar-refractivity contribution in [2.75, 3.05) is 19.7 Å². The molecule has 0 unspecified atom stereocenters. The highest BCUT2D eigenvalue weighted by Crippen LogP contribution is 2.32. The van der Waals surface area contributed by atoms with Gasteiger partial charge in [-0.15, -0.1) is 0 Å². The second-order valence-electron chi connectivity index (χ2n) is 6.06. The van der Waals surface area contributed by atoms with E-state index in [0.717, 1.165) is 19.4 Å². The third kappa shape index (κ3) is 5.41. The molecular weight excluding hydrogens is 254 g/mol. The van der Waals surface area contributed by atoms with Crippen LogP contribution >= 0.6 is 0 Å². The molecule has 1 saturated carbocycles. The van der Waals surface area contributed by atoms with E-state index in [1.54, 1.807) is 0 Å². The Morgan fingerprint density at radius 1 is 1.30 bits per heavy atom. The van der Waals surface area contributed by atoms with Crippen LogP contribution in [0.1, 0.15) is 59.3 Å². The van der Waals surface area contributed by atoms with Gasteiger partial charge in [0, 0.05) is 6.54 Å². The molecule has 4 nitrogen and oxygen atoms in total. The second kappa shape index (κ2) is 8.63. The maximum atomic E-state index is 11.7. The van der Waals surface area contributed by atoms with Crippen LogP contribution in [0.25, 0.3) is 0 Å². The lowest BCUT2D eigenvalue weighted by Gasteiger charge is -2.35. The van der Waals surface area contributed by atoms with E-state index >= 15 is 0 Å². The van der Waals surface area contributed by atoms with Gasteiger partial charge < -0.3 is 15.2 Å². The Balaban J connectivity index is 2.29. The lowest BCUT2D eigenvalue weighted by Crippen LogP contribution is -2.45. The Hall–Kier alpha value is -0.610. The molecule has 0 aliphatic heterocycles. The van der Waals surface area contributed by atoms with Crippen molar-refractivity contribution in [3.63, 3.8) is 0 Å². The second-order valence-corrected chi connectivity index (χ2v) is 6.06. The van der Waals surface area contributed by atoms with Crippen LogP contribution < -0.4 is 5.32 Å². The highest BCUT2D eigenvalue weighted by molar-refractivity contribution is 5.72. The summed E-state index contributed by atoms with van der Waals surface area (Å²) in [4.78, 5) is 11.7. The average molecular weight is 285 g/mol. The van der Waals surface area contributed by atoms with Crippen LogP contribution in [0.2, 0.25) is 0 Å². The van der Waals surface area contributed by atoms with Crippen molar-refractivity contribution < 1.29 is 14.6 Å². The predicted molar refractivity (Wildman–Crippen MR) is 80.5 cm³/mol. The lowest BCUT2D eigenvalue weighted by molar-refractivity contribution is -0.151. The van der Waals surface area contributed by atoms with Crippen LogP contribution in [0.5, 0.6) is 0 Å². The Kier molecular flexibility index (Phi) is 7.52. The molecule has 0 aromatic rings. The maximum Gasteiger partial charge on any atom is 0.308 e. The normalized spacial score (nSPS) is 26.8. The first-order valence-electron chi connectivity index (χ1n) is 8.14. The van der Waals surface area contributed by atoms with E-state index in [0.29, 0.717) is 31.9 Å². The Bertz CT molecular complexity index is 281. The number of hydrogen-bond donors (Lipinski definition) is 2. The van der Waals surface area contributed by atoms with Crippen LogP contribution in [0.15, 0.2) is 0 Å². The summed E-state index contributed by atoms with van der Waals surface area (Å²) in [6, 6.07) is 0. The van der Waals surface area contributed by atoms with Crippen LogP contribution in [0.3, 0.4) is 0 Å². The van der Waals surface area contributed by atoms with Gasteiger partial charge in [-0.1, -0.05) is 26.7 Å². The van der Waals surface area contributed by atoms with E-state index in [4.69, 9.17) is 4.74 Å². The molecular formula is C16H31NO3. The first kappa shape index (κ1) is 17.4. The summed E-state index contributed by atoms with van der Waals surface area (Å²) in [6.45, 7) is 8.29. The van der Waals surface area contributed by atoms with E-state index in [-0.39, 0.29) is 11.9 Å². The van der Waals surface area contributed by atoms with E-state index in [1.165, 1.54) is 12.8 Å². The molecule has 0 radical (unpaired) electrons. The lowest BCUT2D eigenvalue weighted by atomic mass is 9.78. The smallest absolute Gasteiger partial charge is 0.308 e. The minimum atomic E-state index is -0.644. The molecule has 2 N–H and O–H groups in total. The van der Waals surface area contributed by atoms with Gasteiger partial charge in [0.2, 0.25) is 0 Å². The van der Waals surface area contributed by atoms with E-state index < -0.39 is 5.60 Å². The fourth-order valence-corrected chi connectivity index (χ4v) is 2.91. The number of carbonyl (C=O) groups excluding carboxylic acids is 1. The quantitative estimate of drug-likeness (QED) is 0.673. The molecule has 0 heterocycles. The van der Waals surface area contributed by atoms with Gasteiger partial charge in [0.15, 0.2) is 0 Å². The summed E-state index contributed by atoms with van der Waals surface area (Å²) >= 11 is 0. The fraction of sp³-hybridized carbons (Fsp3) is 0.938. The minimum Gasteiger partial charge on any atom is -0.466 e. The van der Waals surface area contributed by atoms with Crippen LogP contribution in [-0.2, 0) is 9.53 Å². The van der Waals surface area contributed by atoms with Gasteiger partial charge >= 0.3 is 5.97 Å². The van der Waals surface area contributed by atoms with Gasteiger partial charge in [-0.2, -0.15) is 0 Å². The Morgan fingerprint density at radius 2 is 1.90 bits per heavy atom. The number of hydrogen-bond acceptors (Lipinski definition) is 4. The molecule has 20 heavy (non-hydrogen) atoms. The minimum absolute atomic E-state index is 0.0192. The molecule has 1 rings (SSSR count). The number of esters is 1. The maximum absolute atomic E-state index is 11.7. The third-order valence-electron chi connectivity index (χ3n) is 4.58. The molecule has 118 valence electrons. The van der Waals surface area contributed by atoms with Crippen molar-refractivity contribution in [3.8, 4) is 0 Å². The molecule has 0 atom stereocenters. The molecule has 1 aliphatic carbocycles. The number of rotatable bonds is 8. The molecule has 4 heteroatoms. The zero-order chi connectivity index (χ0) is 15.0. The van der Waals surface area contributed by atoms with Crippen LogP contribution in [-0.4, -0.2) is 36.4 Å². The van der Waals surface area contributed by atoms with E-state index in [9.17, 15) is 9.90 Å². The van der Waals surface area contributed by atoms with Crippen molar-refractivity contribution in [1.82, 2.24) is 5.32 Å². The molecule has 0 bridgehead atoms. The number of carbonyl (C=O) groups is 1. The molecule has 0 saturated heterocycles. The van der Waals surface area contributed by atoms with Crippen molar-refractivity contribution in [2.24, 2.45) is 11.8 Å².